The minimum absolute atomic E-state index is 0.0599. The molecule has 8 heteroatoms. The molecule has 0 saturated heterocycles. The van der Waals surface area contributed by atoms with Gasteiger partial charge in [-0.05, 0) is 24.6 Å². The molecule has 0 N–H and O–H groups in total. The molecule has 0 unspecified atom stereocenters. The van der Waals surface area contributed by atoms with E-state index in [2.05, 4.69) is 9.98 Å². The Hall–Kier alpha value is -3.26. The number of aromatic nitrogens is 1. The third-order valence-electron chi connectivity index (χ3n) is 4.29. The second kappa shape index (κ2) is 7.77. The number of fused-ring (bicyclic) bond motifs is 1. The number of non-ortho nitro benzene ring substituents is 1. The number of aliphatic imine (C=N–C) groups is 1. The normalized spacial score (nSPS) is 13.0. The first-order valence-electron chi connectivity index (χ1n) is 8.66. The number of benzene rings is 2. The molecule has 0 bridgehead atoms. The van der Waals surface area contributed by atoms with Crippen LogP contribution in [-0.2, 0) is 13.0 Å². The summed E-state index contributed by atoms with van der Waals surface area (Å²) in [6, 6.07) is 12.4. The second-order valence-corrected chi connectivity index (χ2v) is 7.29. The largest absolute Gasteiger partial charge is 0.454 e. The molecule has 1 aromatic heterocycles. The Kier molecular flexibility index (Phi) is 5.03. The van der Waals surface area contributed by atoms with Crippen molar-refractivity contribution >= 4 is 22.7 Å². The van der Waals surface area contributed by atoms with E-state index in [1.807, 2.05) is 36.6 Å². The molecule has 2 heterocycles. The van der Waals surface area contributed by atoms with Crippen molar-refractivity contribution in [2.24, 2.45) is 4.99 Å². The van der Waals surface area contributed by atoms with Crippen LogP contribution < -0.4 is 9.47 Å². The fourth-order valence-electron chi connectivity index (χ4n) is 2.90. The lowest BCUT2D eigenvalue weighted by Gasteiger charge is -2.03. The molecule has 0 fully saturated rings. The maximum atomic E-state index is 10.9. The SMILES string of the molecule is CC(Cc1ccc2c(c1)OCO2)=NCc1nc(-c2cccc([N+](=O)[O-])c2)cs1. The third-order valence-corrected chi connectivity index (χ3v) is 5.12. The Morgan fingerprint density at radius 1 is 1.25 bits per heavy atom. The number of nitro benzene ring substituents is 1. The van der Waals surface area contributed by atoms with Crippen molar-refractivity contribution in [3.63, 3.8) is 0 Å². The zero-order valence-electron chi connectivity index (χ0n) is 15.1. The number of nitro groups is 1. The van der Waals surface area contributed by atoms with Crippen molar-refractivity contribution in [3.05, 3.63) is 68.5 Å². The molecule has 142 valence electrons. The molecular weight excluding hydrogens is 378 g/mol. The second-order valence-electron chi connectivity index (χ2n) is 6.35. The smallest absolute Gasteiger partial charge is 0.270 e. The van der Waals surface area contributed by atoms with Crippen molar-refractivity contribution in [1.82, 2.24) is 4.98 Å². The predicted molar refractivity (Wildman–Crippen MR) is 107 cm³/mol. The molecule has 0 spiro atoms. The summed E-state index contributed by atoms with van der Waals surface area (Å²) >= 11 is 1.50. The van der Waals surface area contributed by atoms with Gasteiger partial charge in [0.1, 0.15) is 5.01 Å². The molecule has 28 heavy (non-hydrogen) atoms. The van der Waals surface area contributed by atoms with E-state index in [4.69, 9.17) is 9.47 Å². The van der Waals surface area contributed by atoms with Crippen LogP contribution in [0.3, 0.4) is 0 Å². The average Bonchev–Trinajstić information content (AvgIpc) is 3.35. The Balaban J connectivity index is 1.42. The summed E-state index contributed by atoms with van der Waals surface area (Å²) in [6.07, 6.45) is 0.722. The Labute approximate surface area is 165 Å². The van der Waals surface area contributed by atoms with E-state index in [-0.39, 0.29) is 12.5 Å². The molecule has 0 radical (unpaired) electrons. The van der Waals surface area contributed by atoms with Crippen molar-refractivity contribution in [3.8, 4) is 22.8 Å². The zero-order valence-corrected chi connectivity index (χ0v) is 15.9. The summed E-state index contributed by atoms with van der Waals surface area (Å²) in [4.78, 5) is 19.7. The number of rotatable bonds is 6. The lowest BCUT2D eigenvalue weighted by Crippen LogP contribution is -1.99. The number of hydrogen-bond acceptors (Lipinski definition) is 7. The Morgan fingerprint density at radius 3 is 2.96 bits per heavy atom. The quantitative estimate of drug-likeness (QED) is 0.344. The Morgan fingerprint density at radius 2 is 2.11 bits per heavy atom. The predicted octanol–water partition coefficient (Wildman–Crippen LogP) is 4.65. The highest BCUT2D eigenvalue weighted by molar-refractivity contribution is 7.09. The maximum absolute atomic E-state index is 10.9. The highest BCUT2D eigenvalue weighted by Crippen LogP contribution is 2.32. The van der Waals surface area contributed by atoms with Gasteiger partial charge < -0.3 is 9.47 Å². The minimum Gasteiger partial charge on any atom is -0.454 e. The highest BCUT2D eigenvalue weighted by atomic mass is 32.1. The van der Waals surface area contributed by atoms with Gasteiger partial charge in [0.25, 0.3) is 5.69 Å². The van der Waals surface area contributed by atoms with Gasteiger partial charge in [-0.15, -0.1) is 11.3 Å². The maximum Gasteiger partial charge on any atom is 0.270 e. The molecular formula is C20H17N3O4S. The molecule has 7 nitrogen and oxygen atoms in total. The molecule has 0 atom stereocenters. The summed E-state index contributed by atoms with van der Waals surface area (Å²) in [6.45, 7) is 2.73. The first-order chi connectivity index (χ1) is 13.6. The van der Waals surface area contributed by atoms with Gasteiger partial charge in [0, 0.05) is 35.2 Å². The van der Waals surface area contributed by atoms with Gasteiger partial charge in [-0.2, -0.15) is 0 Å². The molecule has 0 saturated carbocycles. The van der Waals surface area contributed by atoms with Crippen LogP contribution >= 0.6 is 11.3 Å². The van der Waals surface area contributed by atoms with E-state index in [9.17, 15) is 10.1 Å². The van der Waals surface area contributed by atoms with E-state index in [0.29, 0.717) is 6.54 Å². The monoisotopic (exact) mass is 395 g/mol. The van der Waals surface area contributed by atoms with Gasteiger partial charge in [-0.25, -0.2) is 4.98 Å². The molecule has 0 amide bonds. The number of hydrogen-bond donors (Lipinski definition) is 0. The summed E-state index contributed by atoms with van der Waals surface area (Å²) in [5.41, 5.74) is 3.63. The summed E-state index contributed by atoms with van der Waals surface area (Å²) in [7, 11) is 0. The van der Waals surface area contributed by atoms with Gasteiger partial charge in [-0.1, -0.05) is 18.2 Å². The molecule has 1 aliphatic heterocycles. The van der Waals surface area contributed by atoms with Crippen LogP contribution in [0.2, 0.25) is 0 Å². The van der Waals surface area contributed by atoms with Crippen LogP contribution in [0.25, 0.3) is 11.3 Å². The summed E-state index contributed by atoms with van der Waals surface area (Å²) < 4.78 is 10.7. The van der Waals surface area contributed by atoms with Gasteiger partial charge in [-0.3, -0.25) is 15.1 Å². The number of nitrogens with zero attached hydrogens (tertiary/aromatic N) is 3. The number of thiazole rings is 1. The topological polar surface area (TPSA) is 86.8 Å². The molecule has 0 aliphatic carbocycles. The van der Waals surface area contributed by atoms with Gasteiger partial charge in [0.2, 0.25) is 6.79 Å². The van der Waals surface area contributed by atoms with Gasteiger partial charge >= 0.3 is 0 Å². The first kappa shape index (κ1) is 18.1. The summed E-state index contributed by atoms with van der Waals surface area (Å²) in [5, 5.41) is 13.7. The van der Waals surface area contributed by atoms with E-state index >= 15 is 0 Å². The van der Waals surface area contributed by atoms with E-state index in [1.165, 1.54) is 23.5 Å². The van der Waals surface area contributed by atoms with Crippen LogP contribution in [0.4, 0.5) is 5.69 Å². The number of ether oxygens (including phenoxy) is 2. The molecule has 3 aromatic rings. The van der Waals surface area contributed by atoms with Crippen LogP contribution in [0.5, 0.6) is 11.5 Å². The first-order valence-corrected chi connectivity index (χ1v) is 9.54. The molecule has 2 aromatic carbocycles. The van der Waals surface area contributed by atoms with E-state index in [1.54, 1.807) is 6.07 Å². The van der Waals surface area contributed by atoms with Gasteiger partial charge in [0.05, 0.1) is 17.2 Å². The molecule has 4 rings (SSSR count). The highest BCUT2D eigenvalue weighted by Gasteiger charge is 2.13. The zero-order chi connectivity index (χ0) is 19.5. The fraction of sp³-hybridized carbons (Fsp3) is 0.200. The lowest BCUT2D eigenvalue weighted by atomic mass is 10.1. The Bertz CT molecular complexity index is 1060. The van der Waals surface area contributed by atoms with Crippen LogP contribution in [0, 0.1) is 10.1 Å². The minimum atomic E-state index is -0.402. The summed E-state index contributed by atoms with van der Waals surface area (Å²) in [5.74, 6) is 1.54. The lowest BCUT2D eigenvalue weighted by molar-refractivity contribution is -0.384. The van der Waals surface area contributed by atoms with E-state index < -0.39 is 4.92 Å². The standard InChI is InChI=1S/C20H17N3O4S/c1-13(7-14-5-6-18-19(8-14)27-12-26-18)21-10-20-22-17(11-28-20)15-3-2-4-16(9-15)23(24)25/h2-6,8-9,11H,7,10,12H2,1H3. The fourth-order valence-corrected chi connectivity index (χ4v) is 3.63. The average molecular weight is 395 g/mol. The van der Waals surface area contributed by atoms with Crippen molar-refractivity contribution in [1.29, 1.82) is 0 Å². The van der Waals surface area contributed by atoms with Gasteiger partial charge in [0.15, 0.2) is 11.5 Å². The van der Waals surface area contributed by atoms with E-state index in [0.717, 1.165) is 45.5 Å². The van der Waals surface area contributed by atoms with Crippen molar-refractivity contribution < 1.29 is 14.4 Å². The van der Waals surface area contributed by atoms with Crippen LogP contribution in [-0.4, -0.2) is 22.4 Å². The van der Waals surface area contributed by atoms with Crippen molar-refractivity contribution in [2.75, 3.05) is 6.79 Å². The van der Waals surface area contributed by atoms with Crippen LogP contribution in [0.15, 0.2) is 52.8 Å². The van der Waals surface area contributed by atoms with Crippen molar-refractivity contribution in [2.45, 2.75) is 19.9 Å². The van der Waals surface area contributed by atoms with Crippen LogP contribution in [0.1, 0.15) is 17.5 Å². The third kappa shape index (κ3) is 4.01. The molecule has 1 aliphatic rings.